The Kier molecular flexibility index (Phi) is 4.62. The predicted octanol–water partition coefficient (Wildman–Crippen LogP) is 2.59. The van der Waals surface area contributed by atoms with E-state index in [2.05, 4.69) is 0 Å². The van der Waals surface area contributed by atoms with Crippen LogP contribution in [0.15, 0.2) is 23.1 Å². The van der Waals surface area contributed by atoms with Crippen LogP contribution >= 0.6 is 0 Å². The van der Waals surface area contributed by atoms with Crippen LogP contribution in [-0.2, 0) is 14.6 Å². The van der Waals surface area contributed by atoms with Gasteiger partial charge in [0.25, 0.3) is 0 Å². The van der Waals surface area contributed by atoms with Crippen molar-refractivity contribution in [3.8, 4) is 0 Å². The van der Waals surface area contributed by atoms with Crippen LogP contribution in [0.1, 0.15) is 49.7 Å². The standard InChI is InChI=1S/C21H30N2O3S/c1-14-5-6-15(2)19(11-14)27(25,26)21(9-3-4-10-21)20(24)23-12-16-7-8-18(22)17(16)13-23/h5-6,11,16-18H,3-4,7-10,12-13,22H2,1-2H3. The topological polar surface area (TPSA) is 80.5 Å². The monoisotopic (exact) mass is 390 g/mol. The number of nitrogens with zero attached hydrogens (tertiary/aromatic N) is 1. The van der Waals surface area contributed by atoms with Gasteiger partial charge in [-0.3, -0.25) is 4.79 Å². The third-order valence-electron chi connectivity index (χ3n) is 7.15. The second-order valence-electron chi connectivity index (χ2n) is 8.85. The molecule has 6 heteroatoms. The summed E-state index contributed by atoms with van der Waals surface area (Å²) < 4.78 is 26.2. The summed E-state index contributed by atoms with van der Waals surface area (Å²) in [5.41, 5.74) is 7.85. The normalized spacial score (nSPS) is 29.9. The van der Waals surface area contributed by atoms with Crippen LogP contribution in [0.2, 0.25) is 0 Å². The van der Waals surface area contributed by atoms with Gasteiger partial charge in [-0.2, -0.15) is 0 Å². The van der Waals surface area contributed by atoms with Gasteiger partial charge < -0.3 is 10.6 Å². The number of carbonyl (C=O) groups is 1. The zero-order valence-electron chi connectivity index (χ0n) is 16.3. The van der Waals surface area contributed by atoms with Crippen LogP contribution in [0.3, 0.4) is 0 Å². The fourth-order valence-corrected chi connectivity index (χ4v) is 7.95. The Labute approximate surface area is 162 Å². The molecule has 2 aliphatic carbocycles. The molecule has 3 atom stereocenters. The molecule has 1 aromatic carbocycles. The van der Waals surface area contributed by atoms with E-state index < -0.39 is 14.6 Å². The fraction of sp³-hybridized carbons (Fsp3) is 0.667. The summed E-state index contributed by atoms with van der Waals surface area (Å²) in [4.78, 5) is 15.8. The van der Waals surface area contributed by atoms with E-state index >= 15 is 0 Å². The summed E-state index contributed by atoms with van der Waals surface area (Å²) in [5.74, 6) is 0.587. The first-order valence-electron chi connectivity index (χ1n) is 10.1. The number of likely N-dealkylation sites (tertiary alicyclic amines) is 1. The number of nitrogens with two attached hydrogens (primary N) is 1. The number of carbonyl (C=O) groups excluding carboxylic acids is 1. The van der Waals surface area contributed by atoms with Crippen molar-refractivity contribution in [1.29, 1.82) is 0 Å². The Morgan fingerprint density at radius 3 is 2.52 bits per heavy atom. The summed E-state index contributed by atoms with van der Waals surface area (Å²) in [6.07, 6.45) is 4.50. The van der Waals surface area contributed by atoms with Crippen LogP contribution in [0.25, 0.3) is 0 Å². The maximum atomic E-state index is 13.8. The number of rotatable bonds is 3. The van der Waals surface area contributed by atoms with Crippen molar-refractivity contribution in [1.82, 2.24) is 4.90 Å². The van der Waals surface area contributed by atoms with E-state index in [-0.39, 0.29) is 11.9 Å². The van der Waals surface area contributed by atoms with Crippen molar-refractivity contribution < 1.29 is 13.2 Å². The number of sulfone groups is 1. The molecule has 0 bridgehead atoms. The molecule has 0 radical (unpaired) electrons. The van der Waals surface area contributed by atoms with E-state index in [0.29, 0.717) is 42.7 Å². The summed E-state index contributed by atoms with van der Waals surface area (Å²) in [6, 6.07) is 5.63. The van der Waals surface area contributed by atoms with E-state index in [1.54, 1.807) is 6.07 Å². The average Bonchev–Trinajstić information content (AvgIpc) is 3.34. The number of amides is 1. The van der Waals surface area contributed by atoms with Crippen molar-refractivity contribution >= 4 is 15.7 Å². The number of aryl methyl sites for hydroxylation is 2. The molecule has 3 aliphatic rings. The minimum atomic E-state index is -3.75. The van der Waals surface area contributed by atoms with E-state index in [1.807, 2.05) is 30.9 Å². The maximum Gasteiger partial charge on any atom is 0.244 e. The third kappa shape index (κ3) is 2.83. The molecular weight excluding hydrogens is 360 g/mol. The van der Waals surface area contributed by atoms with Gasteiger partial charge in [-0.15, -0.1) is 0 Å². The van der Waals surface area contributed by atoms with E-state index in [1.165, 1.54) is 0 Å². The highest BCUT2D eigenvalue weighted by Gasteiger charge is 2.56. The molecule has 1 saturated heterocycles. The first-order valence-corrected chi connectivity index (χ1v) is 11.6. The summed E-state index contributed by atoms with van der Waals surface area (Å²) in [5, 5.41) is 0. The molecule has 2 N–H and O–H groups in total. The molecule has 1 aromatic rings. The molecule has 4 rings (SSSR count). The Bertz CT molecular complexity index is 858. The van der Waals surface area contributed by atoms with Gasteiger partial charge in [0.05, 0.1) is 4.90 Å². The highest BCUT2D eigenvalue weighted by Crippen LogP contribution is 2.45. The highest BCUT2D eigenvalue weighted by atomic mass is 32.2. The fourth-order valence-electron chi connectivity index (χ4n) is 5.51. The van der Waals surface area contributed by atoms with Crippen LogP contribution < -0.4 is 5.73 Å². The molecule has 0 aromatic heterocycles. The lowest BCUT2D eigenvalue weighted by Crippen LogP contribution is -2.52. The van der Waals surface area contributed by atoms with Crippen molar-refractivity contribution in [3.05, 3.63) is 29.3 Å². The van der Waals surface area contributed by atoms with Gasteiger partial charge in [-0.25, -0.2) is 8.42 Å². The number of hydrogen-bond donors (Lipinski definition) is 1. The van der Waals surface area contributed by atoms with E-state index in [0.717, 1.165) is 36.8 Å². The molecule has 148 valence electrons. The Morgan fingerprint density at radius 2 is 1.85 bits per heavy atom. The number of benzene rings is 1. The van der Waals surface area contributed by atoms with Crippen LogP contribution in [0.5, 0.6) is 0 Å². The predicted molar refractivity (Wildman–Crippen MR) is 105 cm³/mol. The number of fused-ring (bicyclic) bond motifs is 1. The molecule has 1 amide bonds. The SMILES string of the molecule is Cc1ccc(C)c(S(=O)(=O)C2(C(=O)N3CC4CCC(N)C4C3)CCCC2)c1. The average molecular weight is 391 g/mol. The summed E-state index contributed by atoms with van der Waals surface area (Å²) in [6.45, 7) is 5.00. The van der Waals surface area contributed by atoms with Crippen molar-refractivity contribution in [2.75, 3.05) is 13.1 Å². The molecule has 27 heavy (non-hydrogen) atoms. The minimum absolute atomic E-state index is 0.142. The van der Waals surface area contributed by atoms with Gasteiger partial charge in [0.1, 0.15) is 0 Å². The van der Waals surface area contributed by atoms with E-state index in [4.69, 9.17) is 5.73 Å². The molecule has 3 fully saturated rings. The van der Waals surface area contributed by atoms with Crippen LogP contribution in [0, 0.1) is 25.7 Å². The Hall–Kier alpha value is -1.40. The van der Waals surface area contributed by atoms with Gasteiger partial charge >= 0.3 is 0 Å². The smallest absolute Gasteiger partial charge is 0.244 e. The second-order valence-corrected chi connectivity index (χ2v) is 11.1. The quantitative estimate of drug-likeness (QED) is 0.860. The summed E-state index contributed by atoms with van der Waals surface area (Å²) in [7, 11) is -3.75. The molecule has 1 heterocycles. The minimum Gasteiger partial charge on any atom is -0.341 e. The summed E-state index contributed by atoms with van der Waals surface area (Å²) >= 11 is 0. The van der Waals surface area contributed by atoms with Crippen molar-refractivity contribution in [2.24, 2.45) is 17.6 Å². The zero-order chi connectivity index (χ0) is 19.4. The van der Waals surface area contributed by atoms with Gasteiger partial charge in [-0.1, -0.05) is 25.0 Å². The van der Waals surface area contributed by atoms with Crippen molar-refractivity contribution in [2.45, 2.75) is 68.1 Å². The van der Waals surface area contributed by atoms with Gasteiger partial charge in [0.2, 0.25) is 5.91 Å². The van der Waals surface area contributed by atoms with Gasteiger partial charge in [0.15, 0.2) is 14.6 Å². The van der Waals surface area contributed by atoms with Gasteiger partial charge in [0, 0.05) is 19.1 Å². The zero-order valence-corrected chi connectivity index (χ0v) is 17.1. The second kappa shape index (κ2) is 6.59. The molecule has 5 nitrogen and oxygen atoms in total. The Morgan fingerprint density at radius 1 is 1.15 bits per heavy atom. The molecule has 0 spiro atoms. The lowest BCUT2D eigenvalue weighted by Gasteiger charge is -2.33. The maximum absolute atomic E-state index is 13.8. The highest BCUT2D eigenvalue weighted by molar-refractivity contribution is 7.93. The van der Waals surface area contributed by atoms with E-state index in [9.17, 15) is 13.2 Å². The first kappa shape index (κ1) is 18.9. The molecular formula is C21H30N2O3S. The molecule has 2 saturated carbocycles. The molecule has 1 aliphatic heterocycles. The van der Waals surface area contributed by atoms with Gasteiger partial charge in [-0.05, 0) is 68.6 Å². The lowest BCUT2D eigenvalue weighted by atomic mass is 9.98. The third-order valence-corrected chi connectivity index (χ3v) is 9.78. The van der Waals surface area contributed by atoms with Crippen molar-refractivity contribution in [3.63, 3.8) is 0 Å². The van der Waals surface area contributed by atoms with Crippen LogP contribution in [-0.4, -0.2) is 43.1 Å². The first-order chi connectivity index (χ1) is 12.8. The lowest BCUT2D eigenvalue weighted by molar-refractivity contribution is -0.133. The number of hydrogen-bond acceptors (Lipinski definition) is 4. The molecule has 3 unspecified atom stereocenters. The largest absolute Gasteiger partial charge is 0.341 e. The Balaban J connectivity index is 1.71. The van der Waals surface area contributed by atoms with Crippen LogP contribution in [0.4, 0.5) is 0 Å².